The molecule has 0 amide bonds. The van der Waals surface area contributed by atoms with Crippen molar-refractivity contribution in [2.24, 2.45) is 11.3 Å². The van der Waals surface area contributed by atoms with Crippen molar-refractivity contribution in [3.63, 3.8) is 0 Å². The predicted molar refractivity (Wildman–Crippen MR) is 120 cm³/mol. The number of rotatable bonds is 11. The smallest absolute Gasteiger partial charge is 0.384 e. The first-order chi connectivity index (χ1) is 14.2. The van der Waals surface area contributed by atoms with Crippen LogP contribution in [0, 0.1) is 23.2 Å². The van der Waals surface area contributed by atoms with Gasteiger partial charge in [-0.25, -0.2) is 4.79 Å². The molecule has 0 bridgehead atoms. The molecule has 0 N–H and O–H groups in total. The van der Waals surface area contributed by atoms with Crippen molar-refractivity contribution in [1.29, 1.82) is 0 Å². The molecule has 1 aliphatic carbocycles. The van der Waals surface area contributed by atoms with Crippen LogP contribution in [0.1, 0.15) is 53.9 Å². The van der Waals surface area contributed by atoms with Crippen molar-refractivity contribution in [3.05, 3.63) is 36.0 Å². The summed E-state index contributed by atoms with van der Waals surface area (Å²) in [6.45, 7) is 20.2. The quantitative estimate of drug-likeness (QED) is 0.158. The van der Waals surface area contributed by atoms with Gasteiger partial charge in [-0.1, -0.05) is 37.7 Å². The minimum absolute atomic E-state index is 0.102. The Hall–Kier alpha value is -1.87. The molecule has 5 nitrogen and oxygen atoms in total. The van der Waals surface area contributed by atoms with Crippen LogP contribution in [0.4, 0.5) is 0 Å². The van der Waals surface area contributed by atoms with Gasteiger partial charge in [-0.3, -0.25) is 0 Å². The van der Waals surface area contributed by atoms with Crippen LogP contribution in [0.3, 0.4) is 0 Å². The molecular formula is C25H38O5. The maximum Gasteiger partial charge on any atom is 0.384 e. The van der Waals surface area contributed by atoms with Crippen LogP contribution in [0.15, 0.2) is 36.0 Å². The molecule has 168 valence electrons. The second-order valence-corrected chi connectivity index (χ2v) is 7.82. The highest BCUT2D eigenvalue weighted by Crippen LogP contribution is 2.51. The monoisotopic (exact) mass is 418 g/mol. The van der Waals surface area contributed by atoms with E-state index in [-0.39, 0.29) is 30.3 Å². The molecule has 0 aliphatic heterocycles. The van der Waals surface area contributed by atoms with Gasteiger partial charge in [0.15, 0.2) is 6.29 Å². The summed E-state index contributed by atoms with van der Waals surface area (Å²) in [5, 5.41) is 0. The van der Waals surface area contributed by atoms with E-state index < -0.39 is 5.97 Å². The number of carbonyl (C=O) groups excluding carboxylic acids is 1. The number of allylic oxidation sites excluding steroid dienone is 3. The number of hydrogen-bond donors (Lipinski definition) is 0. The van der Waals surface area contributed by atoms with Crippen molar-refractivity contribution in [3.8, 4) is 11.8 Å². The van der Waals surface area contributed by atoms with E-state index in [0.717, 1.165) is 30.4 Å². The highest BCUT2D eigenvalue weighted by Gasteiger charge is 2.44. The summed E-state index contributed by atoms with van der Waals surface area (Å²) >= 11 is 0. The lowest BCUT2D eigenvalue weighted by molar-refractivity contribution is -0.143. The standard InChI is InChI=1S/C25H38O5/c1-9-20-19(6)22(30-16-12-13-23(26)27-8)17-21(18(4)5)25(20,7)15-14-24(28-10-2)29-11-3/h9,21-22,24H,1,4,10-11,14-17H2,2-3,5-8H3/t21-,22+,25+/m1/s1. The zero-order chi connectivity index (χ0) is 22.7. The van der Waals surface area contributed by atoms with Gasteiger partial charge in [-0.15, -0.1) is 0 Å². The maximum atomic E-state index is 11.2. The van der Waals surface area contributed by atoms with Gasteiger partial charge in [0, 0.05) is 19.1 Å². The topological polar surface area (TPSA) is 54.0 Å². The summed E-state index contributed by atoms with van der Waals surface area (Å²) in [4.78, 5) is 11.2. The van der Waals surface area contributed by atoms with Gasteiger partial charge in [0.25, 0.3) is 0 Å². The largest absolute Gasteiger partial charge is 0.459 e. The third-order valence-corrected chi connectivity index (χ3v) is 5.88. The van der Waals surface area contributed by atoms with Gasteiger partial charge >= 0.3 is 5.97 Å². The lowest BCUT2D eigenvalue weighted by Crippen LogP contribution is -2.40. The SMILES string of the molecule is C=CC1=C(C)[C@@H](OCC#CC(=O)OC)C[C@H](C(=C)C)[C@@]1(C)CCC(OCC)OCC. The van der Waals surface area contributed by atoms with Crippen LogP contribution in [0.5, 0.6) is 0 Å². The summed E-state index contributed by atoms with van der Waals surface area (Å²) in [7, 11) is 1.31. The minimum Gasteiger partial charge on any atom is -0.459 e. The highest BCUT2D eigenvalue weighted by atomic mass is 16.7. The van der Waals surface area contributed by atoms with E-state index in [0.29, 0.717) is 13.2 Å². The zero-order valence-corrected chi connectivity index (χ0v) is 19.5. The fourth-order valence-electron chi connectivity index (χ4n) is 4.41. The van der Waals surface area contributed by atoms with E-state index in [2.05, 4.69) is 50.5 Å². The van der Waals surface area contributed by atoms with Crippen molar-refractivity contribution in [1.82, 2.24) is 0 Å². The Morgan fingerprint density at radius 1 is 1.33 bits per heavy atom. The molecule has 0 aromatic carbocycles. The number of esters is 1. The van der Waals surface area contributed by atoms with Crippen molar-refractivity contribution < 1.29 is 23.7 Å². The number of hydrogen-bond acceptors (Lipinski definition) is 5. The first-order valence-electron chi connectivity index (χ1n) is 10.7. The average molecular weight is 419 g/mol. The van der Waals surface area contributed by atoms with Crippen molar-refractivity contribution >= 4 is 5.97 Å². The second kappa shape index (κ2) is 12.7. The van der Waals surface area contributed by atoms with Gasteiger partial charge < -0.3 is 18.9 Å². The van der Waals surface area contributed by atoms with Gasteiger partial charge in [0.2, 0.25) is 0 Å². The van der Waals surface area contributed by atoms with Crippen LogP contribution in [0.25, 0.3) is 0 Å². The van der Waals surface area contributed by atoms with E-state index in [9.17, 15) is 4.79 Å². The highest BCUT2D eigenvalue weighted by molar-refractivity contribution is 5.88. The predicted octanol–water partition coefficient (Wildman–Crippen LogP) is 4.83. The van der Waals surface area contributed by atoms with Crippen LogP contribution in [-0.4, -0.2) is 45.3 Å². The van der Waals surface area contributed by atoms with Gasteiger partial charge in [0.05, 0.1) is 13.2 Å². The van der Waals surface area contributed by atoms with Crippen LogP contribution >= 0.6 is 0 Å². The summed E-state index contributed by atoms with van der Waals surface area (Å²) in [6.07, 6.45) is 4.12. The molecule has 1 aliphatic rings. The fraction of sp³-hybridized carbons (Fsp3) is 0.640. The normalized spacial score (nSPS) is 23.7. The summed E-state index contributed by atoms with van der Waals surface area (Å²) in [5.41, 5.74) is 3.30. The molecule has 0 spiro atoms. The molecule has 0 fully saturated rings. The Bertz CT molecular complexity index is 690. The zero-order valence-electron chi connectivity index (χ0n) is 19.5. The fourth-order valence-corrected chi connectivity index (χ4v) is 4.41. The molecule has 30 heavy (non-hydrogen) atoms. The molecule has 0 aromatic rings. The van der Waals surface area contributed by atoms with Crippen LogP contribution in [-0.2, 0) is 23.7 Å². The molecule has 0 radical (unpaired) electrons. The Balaban J connectivity index is 3.10. The summed E-state index contributed by atoms with van der Waals surface area (Å²) in [5.74, 6) is 4.78. The molecule has 1 rings (SSSR count). The number of carbonyl (C=O) groups is 1. The Morgan fingerprint density at radius 2 is 1.97 bits per heavy atom. The van der Waals surface area contributed by atoms with Crippen LogP contribution < -0.4 is 0 Å². The summed E-state index contributed by atoms with van der Waals surface area (Å²) in [6, 6.07) is 0. The molecule has 5 heteroatoms. The summed E-state index contributed by atoms with van der Waals surface area (Å²) < 4.78 is 22.1. The third-order valence-electron chi connectivity index (χ3n) is 5.88. The second-order valence-electron chi connectivity index (χ2n) is 7.82. The molecule has 0 saturated carbocycles. The molecule has 3 atom stereocenters. The first-order valence-corrected chi connectivity index (χ1v) is 10.7. The van der Waals surface area contributed by atoms with Crippen molar-refractivity contribution in [2.45, 2.75) is 66.3 Å². The third kappa shape index (κ3) is 6.84. The molecule has 0 saturated heterocycles. The average Bonchev–Trinajstić information content (AvgIpc) is 2.71. The van der Waals surface area contributed by atoms with Crippen molar-refractivity contribution in [2.75, 3.05) is 26.9 Å². The van der Waals surface area contributed by atoms with Gasteiger partial charge in [0.1, 0.15) is 6.61 Å². The number of methoxy groups -OCH3 is 1. The molecule has 0 aromatic heterocycles. The molecular weight excluding hydrogens is 380 g/mol. The Kier molecular flexibility index (Phi) is 11.1. The van der Waals surface area contributed by atoms with E-state index >= 15 is 0 Å². The Labute approximate surface area is 182 Å². The maximum absolute atomic E-state index is 11.2. The lowest BCUT2D eigenvalue weighted by atomic mass is 9.59. The molecule has 0 heterocycles. The Morgan fingerprint density at radius 3 is 2.47 bits per heavy atom. The first kappa shape index (κ1) is 26.2. The van der Waals surface area contributed by atoms with E-state index in [1.165, 1.54) is 12.7 Å². The van der Waals surface area contributed by atoms with E-state index in [1.807, 2.05) is 19.9 Å². The van der Waals surface area contributed by atoms with Gasteiger partial charge in [-0.2, -0.15) is 0 Å². The van der Waals surface area contributed by atoms with E-state index in [4.69, 9.17) is 14.2 Å². The van der Waals surface area contributed by atoms with E-state index in [1.54, 1.807) is 0 Å². The van der Waals surface area contributed by atoms with Gasteiger partial charge in [-0.05, 0) is 69.4 Å². The molecule has 0 unspecified atom stereocenters. The minimum atomic E-state index is -0.563. The number of ether oxygens (including phenoxy) is 4. The lowest BCUT2D eigenvalue weighted by Gasteiger charge is -2.47. The van der Waals surface area contributed by atoms with Crippen LogP contribution in [0.2, 0.25) is 0 Å².